The third-order valence-electron chi connectivity index (χ3n) is 6.04. The number of benzene rings is 1. The van der Waals surface area contributed by atoms with Crippen LogP contribution in [0.25, 0.3) is 0 Å². The number of carbonyl (C=O) groups is 2. The number of amides is 3. The average Bonchev–Trinajstić information content (AvgIpc) is 3.43. The topological polar surface area (TPSA) is 56.3 Å². The van der Waals surface area contributed by atoms with Gasteiger partial charge in [-0.25, -0.2) is 9.59 Å². The van der Waals surface area contributed by atoms with Gasteiger partial charge in [0.05, 0.1) is 6.54 Å². The van der Waals surface area contributed by atoms with Crippen molar-refractivity contribution in [3.63, 3.8) is 0 Å². The second kappa shape index (κ2) is 7.92. The smallest absolute Gasteiger partial charge is 0.415 e. The van der Waals surface area contributed by atoms with Crippen molar-refractivity contribution in [2.75, 3.05) is 38.1 Å². The molecule has 1 aromatic heterocycles. The van der Waals surface area contributed by atoms with E-state index in [-0.39, 0.29) is 18.2 Å². The van der Waals surface area contributed by atoms with Crippen molar-refractivity contribution >= 4 is 28.5 Å². The van der Waals surface area contributed by atoms with Crippen LogP contribution in [-0.4, -0.2) is 66.2 Å². The van der Waals surface area contributed by atoms with E-state index in [1.54, 1.807) is 9.80 Å². The first-order valence-electron chi connectivity index (χ1n) is 10.4. The molecule has 2 fully saturated rings. The Morgan fingerprint density at radius 3 is 2.67 bits per heavy atom. The molecule has 0 spiro atoms. The monoisotopic (exact) mass is 426 g/mol. The normalized spacial score (nSPS) is 22.0. The summed E-state index contributed by atoms with van der Waals surface area (Å²) in [6, 6.07) is 10.6. The summed E-state index contributed by atoms with van der Waals surface area (Å²) >= 11 is 1.54. The minimum atomic E-state index is -0.279. The van der Waals surface area contributed by atoms with E-state index in [0.717, 1.165) is 49.7 Å². The number of carbonyl (C=O) groups excluding carboxylic acids is 2. The zero-order valence-electron chi connectivity index (χ0n) is 17.1. The van der Waals surface area contributed by atoms with Crippen molar-refractivity contribution in [1.82, 2.24) is 14.7 Å². The molecule has 3 aliphatic heterocycles. The van der Waals surface area contributed by atoms with Crippen LogP contribution in [-0.2, 0) is 24.4 Å². The summed E-state index contributed by atoms with van der Waals surface area (Å²) in [4.78, 5) is 32.5. The van der Waals surface area contributed by atoms with Crippen LogP contribution in [0.1, 0.15) is 23.1 Å². The number of nitrogens with zero attached hydrogens (tertiary/aromatic N) is 4. The molecule has 30 heavy (non-hydrogen) atoms. The van der Waals surface area contributed by atoms with Crippen LogP contribution in [0.2, 0.25) is 0 Å². The van der Waals surface area contributed by atoms with Gasteiger partial charge in [-0.3, -0.25) is 9.80 Å². The number of ether oxygens (including phenoxy) is 1. The van der Waals surface area contributed by atoms with Crippen LogP contribution >= 0.6 is 11.3 Å². The van der Waals surface area contributed by atoms with E-state index in [2.05, 4.69) is 29.2 Å². The Labute approximate surface area is 180 Å². The van der Waals surface area contributed by atoms with E-state index in [4.69, 9.17) is 4.74 Å². The molecule has 0 bridgehead atoms. The summed E-state index contributed by atoms with van der Waals surface area (Å²) in [6.45, 7) is 5.30. The Morgan fingerprint density at radius 1 is 1.13 bits per heavy atom. The van der Waals surface area contributed by atoms with Gasteiger partial charge in [0, 0.05) is 46.3 Å². The lowest BCUT2D eigenvalue weighted by Gasteiger charge is -2.33. The number of hydrogen-bond donors (Lipinski definition) is 0. The Morgan fingerprint density at radius 2 is 1.90 bits per heavy atom. The van der Waals surface area contributed by atoms with Gasteiger partial charge in [0.1, 0.15) is 11.1 Å². The molecular formula is C22H26N4O3S. The highest BCUT2D eigenvalue weighted by atomic mass is 32.1. The Balaban J connectivity index is 1.19. The lowest BCUT2D eigenvalue weighted by atomic mass is 10.1. The van der Waals surface area contributed by atoms with Crippen LogP contribution < -0.4 is 4.90 Å². The second-order valence-electron chi connectivity index (χ2n) is 8.33. The van der Waals surface area contributed by atoms with E-state index in [0.29, 0.717) is 13.1 Å². The van der Waals surface area contributed by atoms with Crippen LogP contribution in [0.3, 0.4) is 0 Å². The number of anilines is 1. The van der Waals surface area contributed by atoms with Gasteiger partial charge in [0.15, 0.2) is 0 Å². The predicted molar refractivity (Wildman–Crippen MR) is 116 cm³/mol. The predicted octanol–water partition coefficient (Wildman–Crippen LogP) is 3.35. The van der Waals surface area contributed by atoms with E-state index >= 15 is 0 Å². The van der Waals surface area contributed by atoms with Crippen molar-refractivity contribution < 1.29 is 14.3 Å². The minimum Gasteiger partial charge on any atom is -0.443 e. The lowest BCUT2D eigenvalue weighted by molar-refractivity contribution is 0.108. The molecule has 5 rings (SSSR count). The molecule has 2 aromatic rings. The number of fused-ring (bicyclic) bond motifs is 1. The number of rotatable bonds is 5. The van der Waals surface area contributed by atoms with Crippen LogP contribution in [0.5, 0.6) is 0 Å². The maximum atomic E-state index is 12.5. The minimum absolute atomic E-state index is 0.0706. The number of hydrogen-bond acceptors (Lipinski definition) is 5. The molecule has 158 valence electrons. The summed E-state index contributed by atoms with van der Waals surface area (Å²) in [5, 5.41) is 2.93. The zero-order valence-corrected chi connectivity index (χ0v) is 17.9. The number of cyclic esters (lactones) is 1. The average molecular weight is 427 g/mol. The van der Waals surface area contributed by atoms with E-state index in [1.165, 1.54) is 22.5 Å². The summed E-state index contributed by atoms with van der Waals surface area (Å²) in [5.41, 5.74) is 3.78. The van der Waals surface area contributed by atoms with Gasteiger partial charge in [0.2, 0.25) is 0 Å². The highest BCUT2D eigenvalue weighted by molar-refractivity contribution is 7.14. The number of thiophene rings is 1. The fraction of sp³-hybridized carbons (Fsp3) is 0.455. The maximum Gasteiger partial charge on any atom is 0.415 e. The maximum absolute atomic E-state index is 12.5. The molecule has 2 saturated heterocycles. The van der Waals surface area contributed by atoms with Gasteiger partial charge in [-0.1, -0.05) is 24.3 Å². The molecule has 7 nitrogen and oxygen atoms in total. The summed E-state index contributed by atoms with van der Waals surface area (Å²) in [7, 11) is 1.84. The van der Waals surface area contributed by atoms with Crippen molar-refractivity contribution in [3.8, 4) is 0 Å². The largest absolute Gasteiger partial charge is 0.443 e. The Bertz CT molecular complexity index is 936. The lowest BCUT2D eigenvalue weighted by Crippen LogP contribution is -2.46. The first-order chi connectivity index (χ1) is 14.6. The van der Waals surface area contributed by atoms with Gasteiger partial charge in [-0.05, 0) is 34.6 Å². The Hall–Kier alpha value is -2.58. The summed E-state index contributed by atoms with van der Waals surface area (Å²) < 4.78 is 5.66. The molecular weight excluding hydrogens is 400 g/mol. The third-order valence-corrected chi connectivity index (χ3v) is 7.04. The molecule has 0 aliphatic carbocycles. The fourth-order valence-corrected chi connectivity index (χ4v) is 5.41. The SMILES string of the molecule is CN1CCCN(Cc2csc(N3C[C@H](CN4Cc5ccccc5C4)OC3=O)c2)C1=O. The molecule has 0 radical (unpaired) electrons. The van der Waals surface area contributed by atoms with E-state index < -0.39 is 0 Å². The fourth-order valence-electron chi connectivity index (χ4n) is 4.50. The molecule has 1 atom stereocenters. The van der Waals surface area contributed by atoms with Crippen molar-refractivity contribution in [1.29, 1.82) is 0 Å². The van der Waals surface area contributed by atoms with Crippen LogP contribution in [0.4, 0.5) is 14.6 Å². The molecule has 1 aromatic carbocycles. The Kier molecular flexibility index (Phi) is 5.12. The van der Waals surface area contributed by atoms with Gasteiger partial charge >= 0.3 is 12.1 Å². The van der Waals surface area contributed by atoms with Gasteiger partial charge in [-0.15, -0.1) is 11.3 Å². The molecule has 4 heterocycles. The second-order valence-corrected chi connectivity index (χ2v) is 9.22. The molecule has 3 amide bonds. The highest BCUT2D eigenvalue weighted by Gasteiger charge is 2.35. The van der Waals surface area contributed by atoms with Crippen LogP contribution in [0.15, 0.2) is 35.7 Å². The molecule has 0 saturated carbocycles. The van der Waals surface area contributed by atoms with Crippen LogP contribution in [0, 0.1) is 0 Å². The highest BCUT2D eigenvalue weighted by Crippen LogP contribution is 2.31. The molecule has 0 unspecified atom stereocenters. The molecule has 3 aliphatic rings. The van der Waals surface area contributed by atoms with E-state index in [9.17, 15) is 9.59 Å². The van der Waals surface area contributed by atoms with E-state index in [1.807, 2.05) is 23.4 Å². The van der Waals surface area contributed by atoms with Crippen molar-refractivity contribution in [3.05, 3.63) is 52.4 Å². The number of urea groups is 1. The first-order valence-corrected chi connectivity index (χ1v) is 11.3. The standard InChI is InChI=1S/C22H26N4O3S/c1-23-7-4-8-25(21(23)27)10-16-9-20(30-15-16)26-14-19(29-22(26)28)13-24-11-17-5-2-3-6-18(17)12-24/h2-3,5-6,9,15,19H,4,7-8,10-14H2,1H3/t19-/m0/s1. The third kappa shape index (κ3) is 3.77. The van der Waals surface area contributed by atoms with Crippen molar-refractivity contribution in [2.45, 2.75) is 32.2 Å². The zero-order chi connectivity index (χ0) is 20.7. The summed E-state index contributed by atoms with van der Waals surface area (Å²) in [6.07, 6.45) is 0.577. The molecule has 8 heteroatoms. The van der Waals surface area contributed by atoms with Gasteiger partial charge in [0.25, 0.3) is 0 Å². The van der Waals surface area contributed by atoms with Gasteiger partial charge in [-0.2, -0.15) is 0 Å². The summed E-state index contributed by atoms with van der Waals surface area (Å²) in [5.74, 6) is 0. The molecule has 0 N–H and O–H groups in total. The van der Waals surface area contributed by atoms with Gasteiger partial charge < -0.3 is 14.5 Å². The first kappa shape index (κ1) is 19.4. The quantitative estimate of drug-likeness (QED) is 0.736. The van der Waals surface area contributed by atoms with Crippen molar-refractivity contribution in [2.24, 2.45) is 0 Å².